The number of aromatic nitrogens is 2. The lowest BCUT2D eigenvalue weighted by atomic mass is 9.96. The number of hydrogen-bond donors (Lipinski definition) is 0. The lowest BCUT2D eigenvalue weighted by molar-refractivity contribution is 1.17. The summed E-state index contributed by atoms with van der Waals surface area (Å²) in [5.74, 6) is 0. The molecule has 0 saturated heterocycles. The van der Waals surface area contributed by atoms with Gasteiger partial charge in [-0.1, -0.05) is 182 Å². The SMILES string of the molecule is c1ccc(-c2ccc(N(c3ccc4c5ccccc5n(-c5ccccc5)c4c3)c3cc(N(c4ccccc4)c4ccccc4)c4c5ccccc5n(-c5ccccc5)c4c3)c(-c3ccccc3)c2)cc1. The van der Waals surface area contributed by atoms with Gasteiger partial charge in [0.1, 0.15) is 0 Å². The predicted molar refractivity (Wildman–Crippen MR) is 295 cm³/mol. The van der Waals surface area contributed by atoms with Crippen molar-refractivity contribution in [2.75, 3.05) is 9.80 Å². The summed E-state index contributed by atoms with van der Waals surface area (Å²) in [7, 11) is 0. The molecule has 0 saturated carbocycles. The number of benzene rings is 11. The first kappa shape index (κ1) is 40.9. The molecule has 0 aliphatic carbocycles. The minimum Gasteiger partial charge on any atom is -0.310 e. The molecule has 2 heterocycles. The molecule has 0 fully saturated rings. The summed E-state index contributed by atoms with van der Waals surface area (Å²) in [5, 5.41) is 4.76. The molecule has 0 unspecified atom stereocenters. The molecule has 4 heteroatoms. The Hall–Kier alpha value is -9.38. The van der Waals surface area contributed by atoms with Gasteiger partial charge in [-0.2, -0.15) is 0 Å². The summed E-state index contributed by atoms with van der Waals surface area (Å²) in [4.78, 5) is 4.92. The standard InChI is InChI=1S/C66H46N4/c1-7-23-47(24-8-1)49-39-42-62(59(43-49)48-25-9-2-10-26-48)68(54-40-41-57-56-35-19-21-37-60(56)69(63(57)44-54)52-31-15-5-16-32-52)55-45-64(67(50-27-11-3-12-28-50)51-29-13-4-14-30-51)66-58-36-20-22-38-61(58)70(65(66)46-55)53-33-17-6-18-34-53/h1-46H. The lowest BCUT2D eigenvalue weighted by Crippen LogP contribution is -2.15. The van der Waals surface area contributed by atoms with Gasteiger partial charge in [-0.05, 0) is 114 Å². The molecule has 13 aromatic rings. The predicted octanol–water partition coefficient (Wildman–Crippen LogP) is 18.2. The van der Waals surface area contributed by atoms with Crippen LogP contribution in [-0.4, -0.2) is 9.13 Å². The second-order valence-electron chi connectivity index (χ2n) is 17.7. The Morgan fingerprint density at radius 1 is 0.243 bits per heavy atom. The zero-order chi connectivity index (χ0) is 46.4. The zero-order valence-corrected chi connectivity index (χ0v) is 38.3. The molecule has 0 N–H and O–H groups in total. The average Bonchev–Trinajstić information content (AvgIpc) is 3.95. The van der Waals surface area contributed by atoms with Gasteiger partial charge < -0.3 is 18.9 Å². The van der Waals surface area contributed by atoms with Crippen LogP contribution in [0.25, 0.3) is 77.2 Å². The van der Waals surface area contributed by atoms with Crippen LogP contribution in [-0.2, 0) is 0 Å². The first-order chi connectivity index (χ1) is 34.8. The van der Waals surface area contributed by atoms with E-state index < -0.39 is 0 Å². The summed E-state index contributed by atoms with van der Waals surface area (Å²) >= 11 is 0. The van der Waals surface area contributed by atoms with Crippen molar-refractivity contribution in [1.82, 2.24) is 9.13 Å². The van der Waals surface area contributed by atoms with Crippen molar-refractivity contribution in [1.29, 1.82) is 0 Å². The van der Waals surface area contributed by atoms with Crippen molar-refractivity contribution in [3.05, 3.63) is 279 Å². The minimum atomic E-state index is 1.02. The second kappa shape index (κ2) is 17.4. The third-order valence-corrected chi connectivity index (χ3v) is 13.6. The van der Waals surface area contributed by atoms with Crippen LogP contribution in [0.1, 0.15) is 0 Å². The summed E-state index contributed by atoms with van der Waals surface area (Å²) in [6.07, 6.45) is 0. The molecule has 4 nitrogen and oxygen atoms in total. The van der Waals surface area contributed by atoms with E-state index in [1.54, 1.807) is 0 Å². The zero-order valence-electron chi connectivity index (χ0n) is 38.3. The summed E-state index contributed by atoms with van der Waals surface area (Å²) < 4.78 is 4.86. The van der Waals surface area contributed by atoms with Crippen molar-refractivity contribution in [2.24, 2.45) is 0 Å². The molecule has 2 aromatic heterocycles. The third kappa shape index (κ3) is 7.01. The maximum Gasteiger partial charge on any atom is 0.0583 e. The van der Waals surface area contributed by atoms with E-state index in [-0.39, 0.29) is 0 Å². The van der Waals surface area contributed by atoms with E-state index >= 15 is 0 Å². The minimum absolute atomic E-state index is 1.02. The first-order valence-electron chi connectivity index (χ1n) is 23.9. The molecule has 0 amide bonds. The van der Waals surface area contributed by atoms with Crippen LogP contribution in [0, 0.1) is 0 Å². The monoisotopic (exact) mass is 894 g/mol. The normalized spacial score (nSPS) is 11.4. The molecular formula is C66H46N4. The van der Waals surface area contributed by atoms with Gasteiger partial charge in [0.05, 0.1) is 39.1 Å². The van der Waals surface area contributed by atoms with Crippen molar-refractivity contribution in [3.63, 3.8) is 0 Å². The van der Waals surface area contributed by atoms with Gasteiger partial charge in [-0.15, -0.1) is 0 Å². The highest BCUT2D eigenvalue weighted by Crippen LogP contribution is 2.50. The molecule has 0 aliphatic heterocycles. The van der Waals surface area contributed by atoms with Crippen molar-refractivity contribution in [2.45, 2.75) is 0 Å². The van der Waals surface area contributed by atoms with Crippen molar-refractivity contribution in [3.8, 4) is 33.6 Å². The molecule has 70 heavy (non-hydrogen) atoms. The van der Waals surface area contributed by atoms with E-state index in [4.69, 9.17) is 0 Å². The van der Waals surface area contributed by atoms with Gasteiger partial charge in [0, 0.05) is 55.5 Å². The Balaban J connectivity index is 1.18. The number of fused-ring (bicyclic) bond motifs is 6. The maximum atomic E-state index is 2.49. The molecule has 0 bridgehead atoms. The van der Waals surface area contributed by atoms with Crippen LogP contribution in [0.5, 0.6) is 0 Å². The van der Waals surface area contributed by atoms with Crippen LogP contribution in [0.3, 0.4) is 0 Å². The Morgan fingerprint density at radius 2 is 0.700 bits per heavy atom. The van der Waals surface area contributed by atoms with E-state index in [2.05, 4.69) is 298 Å². The Bertz CT molecular complexity index is 3940. The van der Waals surface area contributed by atoms with Gasteiger partial charge in [-0.3, -0.25) is 0 Å². The first-order valence-corrected chi connectivity index (χ1v) is 23.9. The molecule has 0 radical (unpaired) electrons. The van der Waals surface area contributed by atoms with Crippen molar-refractivity contribution < 1.29 is 0 Å². The summed E-state index contributed by atoms with van der Waals surface area (Å²) in [6, 6.07) is 101. The van der Waals surface area contributed by atoms with E-state index in [1.165, 1.54) is 32.6 Å². The van der Waals surface area contributed by atoms with Crippen LogP contribution >= 0.6 is 0 Å². The largest absolute Gasteiger partial charge is 0.310 e. The van der Waals surface area contributed by atoms with Crippen LogP contribution in [0.15, 0.2) is 279 Å². The van der Waals surface area contributed by atoms with Gasteiger partial charge in [0.15, 0.2) is 0 Å². The Labute approximate surface area is 407 Å². The Kier molecular flexibility index (Phi) is 10.1. The van der Waals surface area contributed by atoms with Gasteiger partial charge in [0.25, 0.3) is 0 Å². The van der Waals surface area contributed by atoms with Crippen LogP contribution in [0.2, 0.25) is 0 Å². The van der Waals surface area contributed by atoms with Gasteiger partial charge in [0.2, 0.25) is 0 Å². The molecule has 13 rings (SSSR count). The summed E-state index contributed by atoms with van der Waals surface area (Å²) in [5.41, 5.74) is 17.7. The maximum absolute atomic E-state index is 2.49. The third-order valence-electron chi connectivity index (χ3n) is 13.6. The number of anilines is 6. The average molecular weight is 895 g/mol. The highest BCUT2D eigenvalue weighted by molar-refractivity contribution is 6.18. The van der Waals surface area contributed by atoms with Gasteiger partial charge >= 0.3 is 0 Å². The molecule has 330 valence electrons. The number of nitrogens with zero attached hydrogens (tertiary/aromatic N) is 4. The fraction of sp³-hybridized carbons (Fsp3) is 0. The van der Waals surface area contributed by atoms with Crippen LogP contribution < -0.4 is 9.80 Å². The quantitative estimate of drug-likeness (QED) is 0.136. The van der Waals surface area contributed by atoms with E-state index in [1.807, 2.05) is 0 Å². The van der Waals surface area contributed by atoms with E-state index in [9.17, 15) is 0 Å². The van der Waals surface area contributed by atoms with E-state index in [0.717, 1.165) is 78.7 Å². The molecule has 0 spiro atoms. The molecular weight excluding hydrogens is 849 g/mol. The van der Waals surface area contributed by atoms with Gasteiger partial charge in [-0.25, -0.2) is 0 Å². The number of para-hydroxylation sites is 6. The smallest absolute Gasteiger partial charge is 0.0583 e. The van der Waals surface area contributed by atoms with Crippen LogP contribution in [0.4, 0.5) is 34.1 Å². The molecule has 0 aliphatic rings. The number of rotatable bonds is 10. The molecule has 0 atom stereocenters. The highest BCUT2D eigenvalue weighted by Gasteiger charge is 2.27. The second-order valence-corrected chi connectivity index (χ2v) is 17.7. The lowest BCUT2D eigenvalue weighted by Gasteiger charge is -2.32. The topological polar surface area (TPSA) is 16.3 Å². The fourth-order valence-corrected chi connectivity index (χ4v) is 10.6. The molecule has 11 aromatic carbocycles. The summed E-state index contributed by atoms with van der Waals surface area (Å²) in [6.45, 7) is 0. The number of hydrogen-bond acceptors (Lipinski definition) is 2. The van der Waals surface area contributed by atoms with Crippen molar-refractivity contribution >= 4 is 77.7 Å². The Morgan fingerprint density at radius 3 is 1.31 bits per heavy atom. The highest BCUT2D eigenvalue weighted by atomic mass is 15.2. The fourth-order valence-electron chi connectivity index (χ4n) is 10.6. The van der Waals surface area contributed by atoms with E-state index in [0.29, 0.717) is 0 Å².